The quantitative estimate of drug-likeness (QED) is 0.483. The fourth-order valence-electron chi connectivity index (χ4n) is 2.89. The lowest BCUT2D eigenvalue weighted by Gasteiger charge is -2.09. The van der Waals surface area contributed by atoms with Crippen molar-refractivity contribution in [1.82, 2.24) is 14.5 Å². The standard InChI is InChI=1S/C22H19N5O3S/c1-16-12-13-23-22(24-16)26-31(29,30)20-10-6-18(7-11-20)25-21(28)17-4-8-19(9-5-17)27-14-2-3-15-27/h2-15H,1H3,(H,25,28)(H,23,24,26). The number of aryl methyl sites for hydroxylation is 1. The van der Waals surface area contributed by atoms with Gasteiger partial charge in [-0.15, -0.1) is 0 Å². The molecule has 4 rings (SSSR count). The smallest absolute Gasteiger partial charge is 0.264 e. The molecule has 8 nitrogen and oxygen atoms in total. The van der Waals surface area contributed by atoms with Gasteiger partial charge in [0.1, 0.15) is 0 Å². The van der Waals surface area contributed by atoms with Gasteiger partial charge in [0.05, 0.1) is 4.90 Å². The Hall–Kier alpha value is -3.98. The van der Waals surface area contributed by atoms with Crippen molar-refractivity contribution in [2.45, 2.75) is 11.8 Å². The number of rotatable bonds is 6. The minimum atomic E-state index is -3.84. The van der Waals surface area contributed by atoms with Gasteiger partial charge < -0.3 is 9.88 Å². The summed E-state index contributed by atoms with van der Waals surface area (Å²) in [6.07, 6.45) is 5.32. The summed E-state index contributed by atoms with van der Waals surface area (Å²) in [5.41, 5.74) is 2.56. The molecule has 31 heavy (non-hydrogen) atoms. The Morgan fingerprint density at radius 2 is 1.61 bits per heavy atom. The highest BCUT2D eigenvalue weighted by Gasteiger charge is 2.16. The Morgan fingerprint density at radius 3 is 2.26 bits per heavy atom. The average molecular weight is 433 g/mol. The number of carbonyl (C=O) groups is 1. The summed E-state index contributed by atoms with van der Waals surface area (Å²) in [6.45, 7) is 1.74. The van der Waals surface area contributed by atoms with Crippen molar-refractivity contribution in [2.75, 3.05) is 10.0 Å². The minimum Gasteiger partial charge on any atom is -0.324 e. The van der Waals surface area contributed by atoms with E-state index in [0.29, 0.717) is 16.9 Å². The van der Waals surface area contributed by atoms with Crippen molar-refractivity contribution in [2.24, 2.45) is 0 Å². The van der Waals surface area contributed by atoms with Gasteiger partial charge in [-0.2, -0.15) is 0 Å². The molecule has 0 fully saturated rings. The molecule has 0 saturated heterocycles. The van der Waals surface area contributed by atoms with E-state index in [2.05, 4.69) is 20.0 Å². The van der Waals surface area contributed by atoms with E-state index >= 15 is 0 Å². The number of aromatic nitrogens is 3. The summed E-state index contributed by atoms with van der Waals surface area (Å²) in [6, 6.07) is 18.5. The number of amides is 1. The van der Waals surface area contributed by atoms with Crippen molar-refractivity contribution < 1.29 is 13.2 Å². The van der Waals surface area contributed by atoms with Gasteiger partial charge >= 0.3 is 0 Å². The van der Waals surface area contributed by atoms with Crippen molar-refractivity contribution in [1.29, 1.82) is 0 Å². The van der Waals surface area contributed by atoms with Crippen LogP contribution in [0.4, 0.5) is 11.6 Å². The maximum atomic E-state index is 12.5. The van der Waals surface area contributed by atoms with Crippen molar-refractivity contribution in [3.8, 4) is 5.69 Å². The molecule has 0 aliphatic rings. The fraction of sp³-hybridized carbons (Fsp3) is 0.0455. The minimum absolute atomic E-state index is 0.000683. The van der Waals surface area contributed by atoms with Crippen LogP contribution in [0, 0.1) is 6.92 Å². The number of hydrogen-bond acceptors (Lipinski definition) is 5. The first-order chi connectivity index (χ1) is 14.9. The summed E-state index contributed by atoms with van der Waals surface area (Å²) in [5.74, 6) is -0.290. The predicted octanol–water partition coefficient (Wildman–Crippen LogP) is 3.63. The molecular formula is C22H19N5O3S. The first-order valence-electron chi connectivity index (χ1n) is 9.38. The van der Waals surface area contributed by atoms with Crippen LogP contribution in [0.25, 0.3) is 5.69 Å². The Morgan fingerprint density at radius 1 is 0.935 bits per heavy atom. The van der Waals surface area contributed by atoms with Gasteiger partial charge in [0.2, 0.25) is 5.95 Å². The molecule has 4 aromatic rings. The lowest BCUT2D eigenvalue weighted by molar-refractivity contribution is 0.102. The van der Waals surface area contributed by atoms with Gasteiger partial charge in [-0.25, -0.2) is 23.1 Å². The number of carbonyl (C=O) groups excluding carboxylic acids is 1. The van der Waals surface area contributed by atoms with Crippen molar-refractivity contribution in [3.63, 3.8) is 0 Å². The van der Waals surface area contributed by atoms with Gasteiger partial charge in [-0.05, 0) is 73.7 Å². The largest absolute Gasteiger partial charge is 0.324 e. The van der Waals surface area contributed by atoms with Gasteiger partial charge in [0.25, 0.3) is 15.9 Å². The molecule has 0 unspecified atom stereocenters. The van der Waals surface area contributed by atoms with Crippen LogP contribution >= 0.6 is 0 Å². The zero-order valence-corrected chi connectivity index (χ0v) is 17.4. The van der Waals surface area contributed by atoms with Crippen LogP contribution in [0.3, 0.4) is 0 Å². The van der Waals surface area contributed by atoms with Crippen molar-refractivity contribution >= 4 is 27.6 Å². The SMILES string of the molecule is Cc1ccnc(NS(=O)(=O)c2ccc(NC(=O)c3ccc(-n4cccc4)cc3)cc2)n1. The molecule has 0 bridgehead atoms. The van der Waals surface area contributed by atoms with E-state index in [1.165, 1.54) is 30.5 Å². The Labute approximate surface area is 179 Å². The molecule has 2 aromatic heterocycles. The number of sulfonamides is 1. The molecule has 0 spiro atoms. The Kier molecular flexibility index (Phi) is 5.50. The van der Waals surface area contributed by atoms with E-state index in [9.17, 15) is 13.2 Å². The van der Waals surface area contributed by atoms with Crippen LogP contribution in [0.15, 0.2) is 90.2 Å². The first kappa shape index (κ1) is 20.3. The summed E-state index contributed by atoms with van der Waals surface area (Å²) in [7, 11) is -3.84. The number of nitrogens with zero attached hydrogens (tertiary/aromatic N) is 3. The highest BCUT2D eigenvalue weighted by molar-refractivity contribution is 7.92. The third kappa shape index (κ3) is 4.78. The van der Waals surface area contributed by atoms with Crippen LogP contribution in [-0.2, 0) is 10.0 Å². The normalized spacial score (nSPS) is 11.1. The molecule has 0 saturated carbocycles. The topological polar surface area (TPSA) is 106 Å². The molecule has 9 heteroatoms. The maximum Gasteiger partial charge on any atom is 0.264 e. The van der Waals surface area contributed by atoms with E-state index in [1.807, 2.05) is 41.2 Å². The van der Waals surface area contributed by atoms with Crippen LogP contribution in [0.5, 0.6) is 0 Å². The maximum absolute atomic E-state index is 12.5. The molecule has 2 N–H and O–H groups in total. The summed E-state index contributed by atoms with van der Waals surface area (Å²) >= 11 is 0. The van der Waals surface area contributed by atoms with E-state index < -0.39 is 10.0 Å². The van der Waals surface area contributed by atoms with Crippen LogP contribution in [-0.4, -0.2) is 28.9 Å². The lowest BCUT2D eigenvalue weighted by atomic mass is 10.2. The summed E-state index contributed by atoms with van der Waals surface area (Å²) < 4.78 is 29.3. The van der Waals surface area contributed by atoms with Crippen molar-refractivity contribution in [3.05, 3.63) is 96.6 Å². The highest BCUT2D eigenvalue weighted by atomic mass is 32.2. The molecule has 0 aliphatic carbocycles. The molecule has 0 radical (unpaired) electrons. The molecule has 2 aromatic carbocycles. The molecule has 0 aliphatic heterocycles. The third-order valence-electron chi connectivity index (χ3n) is 4.48. The van der Waals surface area contributed by atoms with Gasteiger partial charge in [0.15, 0.2) is 0 Å². The summed E-state index contributed by atoms with van der Waals surface area (Å²) in [5, 5.41) is 2.76. The number of hydrogen-bond donors (Lipinski definition) is 2. The zero-order valence-electron chi connectivity index (χ0n) is 16.6. The second-order valence-corrected chi connectivity index (χ2v) is 8.43. The first-order valence-corrected chi connectivity index (χ1v) is 10.9. The van der Waals surface area contributed by atoms with E-state index in [0.717, 1.165) is 5.69 Å². The van der Waals surface area contributed by atoms with E-state index in [-0.39, 0.29) is 16.8 Å². The predicted molar refractivity (Wildman–Crippen MR) is 118 cm³/mol. The lowest BCUT2D eigenvalue weighted by Crippen LogP contribution is -2.16. The molecule has 1 amide bonds. The van der Waals surface area contributed by atoms with Crippen LogP contribution < -0.4 is 10.0 Å². The highest BCUT2D eigenvalue weighted by Crippen LogP contribution is 2.18. The molecular weight excluding hydrogens is 414 g/mol. The third-order valence-corrected chi connectivity index (χ3v) is 5.82. The summed E-state index contributed by atoms with van der Waals surface area (Å²) in [4.78, 5) is 20.5. The zero-order chi connectivity index (χ0) is 21.8. The van der Waals surface area contributed by atoms with E-state index in [4.69, 9.17) is 0 Å². The average Bonchev–Trinajstić information content (AvgIpc) is 3.29. The Bertz CT molecular complexity index is 1300. The molecule has 2 heterocycles. The van der Waals surface area contributed by atoms with Gasteiger partial charge in [-0.1, -0.05) is 0 Å². The number of nitrogens with one attached hydrogen (secondary N) is 2. The van der Waals surface area contributed by atoms with Gasteiger partial charge in [0, 0.05) is 41.2 Å². The number of benzene rings is 2. The van der Waals surface area contributed by atoms with Gasteiger partial charge in [-0.3, -0.25) is 4.79 Å². The second kappa shape index (κ2) is 8.41. The van der Waals surface area contributed by atoms with E-state index in [1.54, 1.807) is 25.1 Å². The second-order valence-electron chi connectivity index (χ2n) is 6.74. The monoisotopic (exact) mass is 433 g/mol. The molecule has 156 valence electrons. The fourth-order valence-corrected chi connectivity index (χ4v) is 3.84. The Balaban J connectivity index is 1.43. The van der Waals surface area contributed by atoms with Crippen LogP contribution in [0.2, 0.25) is 0 Å². The van der Waals surface area contributed by atoms with Crippen LogP contribution in [0.1, 0.15) is 16.1 Å². The molecule has 0 atom stereocenters. The number of anilines is 2.